The molecule has 0 saturated carbocycles. The molecule has 0 radical (unpaired) electrons. The maximum atomic E-state index is 12.3. The Morgan fingerprint density at radius 1 is 1.25 bits per heavy atom. The standard InChI is InChI=1S/C13H17NOS/c1-10-3-4-11(2)12(9-10)13(15)14-5-7-16-8-6-14/h3-4,9H,5-8H2,1-2H3. The molecule has 0 N–H and O–H groups in total. The number of thioether (sulfide) groups is 1. The lowest BCUT2D eigenvalue weighted by atomic mass is 10.0. The normalized spacial score (nSPS) is 16.2. The number of benzene rings is 1. The van der Waals surface area contributed by atoms with Crippen LogP contribution in [0, 0.1) is 13.8 Å². The third-order valence-electron chi connectivity index (χ3n) is 2.92. The predicted molar refractivity (Wildman–Crippen MR) is 69.1 cm³/mol. The molecule has 1 heterocycles. The van der Waals surface area contributed by atoms with Crippen molar-refractivity contribution in [3.63, 3.8) is 0 Å². The molecule has 0 aliphatic carbocycles. The van der Waals surface area contributed by atoms with Gasteiger partial charge < -0.3 is 4.90 Å². The summed E-state index contributed by atoms with van der Waals surface area (Å²) in [5.74, 6) is 2.33. The number of nitrogens with zero attached hydrogens (tertiary/aromatic N) is 1. The molecule has 0 unspecified atom stereocenters. The van der Waals surface area contributed by atoms with Crippen LogP contribution in [0.2, 0.25) is 0 Å². The van der Waals surface area contributed by atoms with E-state index in [-0.39, 0.29) is 5.91 Å². The minimum atomic E-state index is 0.196. The smallest absolute Gasteiger partial charge is 0.254 e. The molecular weight excluding hydrogens is 218 g/mol. The molecule has 2 nitrogen and oxygen atoms in total. The predicted octanol–water partition coefficient (Wildman–Crippen LogP) is 2.49. The summed E-state index contributed by atoms with van der Waals surface area (Å²) in [6.45, 7) is 5.81. The van der Waals surface area contributed by atoms with E-state index < -0.39 is 0 Å². The van der Waals surface area contributed by atoms with E-state index in [9.17, 15) is 4.79 Å². The van der Waals surface area contributed by atoms with Gasteiger partial charge in [0.15, 0.2) is 0 Å². The molecule has 0 bridgehead atoms. The fourth-order valence-corrected chi connectivity index (χ4v) is 2.81. The summed E-state index contributed by atoms with van der Waals surface area (Å²) >= 11 is 1.92. The van der Waals surface area contributed by atoms with Gasteiger partial charge in [-0.25, -0.2) is 0 Å². The zero-order valence-corrected chi connectivity index (χ0v) is 10.6. The summed E-state index contributed by atoms with van der Waals surface area (Å²) < 4.78 is 0. The van der Waals surface area contributed by atoms with Crippen LogP contribution in [0.25, 0.3) is 0 Å². The monoisotopic (exact) mass is 235 g/mol. The van der Waals surface area contributed by atoms with Gasteiger partial charge in [0.1, 0.15) is 0 Å². The average molecular weight is 235 g/mol. The lowest BCUT2D eigenvalue weighted by molar-refractivity contribution is 0.0771. The second-order valence-electron chi connectivity index (χ2n) is 4.22. The Morgan fingerprint density at radius 2 is 1.94 bits per heavy atom. The zero-order chi connectivity index (χ0) is 11.5. The lowest BCUT2D eigenvalue weighted by Crippen LogP contribution is -2.38. The molecule has 1 saturated heterocycles. The molecule has 1 aromatic carbocycles. The third-order valence-corrected chi connectivity index (χ3v) is 3.86. The van der Waals surface area contributed by atoms with Crippen molar-refractivity contribution in [1.82, 2.24) is 4.90 Å². The van der Waals surface area contributed by atoms with Crippen LogP contribution in [0.4, 0.5) is 0 Å². The largest absolute Gasteiger partial charge is 0.337 e. The highest BCUT2D eigenvalue weighted by molar-refractivity contribution is 7.99. The van der Waals surface area contributed by atoms with Gasteiger partial charge in [-0.15, -0.1) is 0 Å². The fourth-order valence-electron chi connectivity index (χ4n) is 1.90. The van der Waals surface area contributed by atoms with Crippen LogP contribution in [-0.2, 0) is 0 Å². The second-order valence-corrected chi connectivity index (χ2v) is 5.45. The van der Waals surface area contributed by atoms with Gasteiger partial charge in [-0.3, -0.25) is 4.79 Å². The highest BCUT2D eigenvalue weighted by Crippen LogP contribution is 2.16. The third kappa shape index (κ3) is 2.40. The Kier molecular flexibility index (Phi) is 3.54. The quantitative estimate of drug-likeness (QED) is 0.745. The van der Waals surface area contributed by atoms with Crippen molar-refractivity contribution in [1.29, 1.82) is 0 Å². The Hall–Kier alpha value is -0.960. The molecular formula is C13H17NOS. The first kappa shape index (κ1) is 11.5. The van der Waals surface area contributed by atoms with Crippen LogP contribution in [0.15, 0.2) is 18.2 Å². The maximum absolute atomic E-state index is 12.3. The Labute approximate surface area is 101 Å². The number of hydrogen-bond donors (Lipinski definition) is 0. The highest BCUT2D eigenvalue weighted by atomic mass is 32.2. The van der Waals surface area contributed by atoms with E-state index in [2.05, 4.69) is 6.07 Å². The lowest BCUT2D eigenvalue weighted by Gasteiger charge is -2.27. The van der Waals surface area contributed by atoms with Crippen LogP contribution >= 0.6 is 11.8 Å². The van der Waals surface area contributed by atoms with E-state index in [0.29, 0.717) is 0 Å². The summed E-state index contributed by atoms with van der Waals surface area (Å²) in [5.41, 5.74) is 3.10. The van der Waals surface area contributed by atoms with Gasteiger partial charge in [0.2, 0.25) is 0 Å². The van der Waals surface area contributed by atoms with Crippen molar-refractivity contribution in [3.05, 3.63) is 34.9 Å². The van der Waals surface area contributed by atoms with Gasteiger partial charge >= 0.3 is 0 Å². The minimum Gasteiger partial charge on any atom is -0.337 e. The van der Waals surface area contributed by atoms with Gasteiger partial charge in [0, 0.05) is 30.2 Å². The van der Waals surface area contributed by atoms with Crippen LogP contribution in [0.1, 0.15) is 21.5 Å². The molecule has 3 heteroatoms. The van der Waals surface area contributed by atoms with Crippen molar-refractivity contribution in [2.75, 3.05) is 24.6 Å². The zero-order valence-electron chi connectivity index (χ0n) is 9.82. The van der Waals surface area contributed by atoms with Crippen molar-refractivity contribution in [2.45, 2.75) is 13.8 Å². The van der Waals surface area contributed by atoms with E-state index in [0.717, 1.165) is 41.3 Å². The van der Waals surface area contributed by atoms with E-state index >= 15 is 0 Å². The molecule has 2 rings (SSSR count). The number of carbonyl (C=O) groups is 1. The molecule has 1 aliphatic heterocycles. The number of hydrogen-bond acceptors (Lipinski definition) is 2. The first-order chi connectivity index (χ1) is 7.68. The summed E-state index contributed by atoms with van der Waals surface area (Å²) in [6.07, 6.45) is 0. The molecule has 86 valence electrons. The molecule has 1 aromatic rings. The Bertz CT molecular complexity index is 397. The first-order valence-corrected chi connectivity index (χ1v) is 6.78. The topological polar surface area (TPSA) is 20.3 Å². The van der Waals surface area contributed by atoms with Gasteiger partial charge in [-0.1, -0.05) is 17.7 Å². The molecule has 1 fully saturated rings. The van der Waals surface area contributed by atoms with Crippen molar-refractivity contribution >= 4 is 17.7 Å². The minimum absolute atomic E-state index is 0.196. The SMILES string of the molecule is Cc1ccc(C)c(C(=O)N2CCSCC2)c1. The van der Waals surface area contributed by atoms with Gasteiger partial charge in [-0.2, -0.15) is 11.8 Å². The number of aryl methyl sites for hydroxylation is 2. The Balaban J connectivity index is 2.22. The maximum Gasteiger partial charge on any atom is 0.254 e. The number of amides is 1. The van der Waals surface area contributed by atoms with Crippen LogP contribution < -0.4 is 0 Å². The summed E-state index contributed by atoms with van der Waals surface area (Å²) in [4.78, 5) is 14.3. The van der Waals surface area contributed by atoms with Crippen LogP contribution in [0.5, 0.6) is 0 Å². The summed E-state index contributed by atoms with van der Waals surface area (Å²) in [5, 5.41) is 0. The van der Waals surface area contributed by atoms with Gasteiger partial charge in [0.05, 0.1) is 0 Å². The number of rotatable bonds is 1. The molecule has 16 heavy (non-hydrogen) atoms. The molecule has 0 aromatic heterocycles. The number of carbonyl (C=O) groups excluding carboxylic acids is 1. The van der Waals surface area contributed by atoms with E-state index in [1.807, 2.05) is 42.6 Å². The summed E-state index contributed by atoms with van der Waals surface area (Å²) in [6, 6.07) is 6.08. The van der Waals surface area contributed by atoms with E-state index in [4.69, 9.17) is 0 Å². The summed E-state index contributed by atoms with van der Waals surface area (Å²) in [7, 11) is 0. The average Bonchev–Trinajstić information content (AvgIpc) is 2.32. The second kappa shape index (κ2) is 4.91. The highest BCUT2D eigenvalue weighted by Gasteiger charge is 2.19. The molecule has 0 atom stereocenters. The van der Waals surface area contributed by atoms with Crippen molar-refractivity contribution < 1.29 is 4.79 Å². The van der Waals surface area contributed by atoms with Crippen LogP contribution in [-0.4, -0.2) is 35.4 Å². The van der Waals surface area contributed by atoms with Crippen molar-refractivity contribution in [3.8, 4) is 0 Å². The van der Waals surface area contributed by atoms with E-state index in [1.165, 1.54) is 0 Å². The van der Waals surface area contributed by atoms with Crippen LogP contribution in [0.3, 0.4) is 0 Å². The first-order valence-electron chi connectivity index (χ1n) is 5.63. The van der Waals surface area contributed by atoms with E-state index in [1.54, 1.807) is 0 Å². The molecule has 0 spiro atoms. The van der Waals surface area contributed by atoms with Gasteiger partial charge in [-0.05, 0) is 25.5 Å². The molecule has 1 aliphatic rings. The fraction of sp³-hybridized carbons (Fsp3) is 0.462. The van der Waals surface area contributed by atoms with Gasteiger partial charge in [0.25, 0.3) is 5.91 Å². The Morgan fingerprint density at radius 3 is 2.62 bits per heavy atom. The molecule has 1 amide bonds. The van der Waals surface area contributed by atoms with Crippen molar-refractivity contribution in [2.24, 2.45) is 0 Å².